The molecule has 1 saturated heterocycles. The van der Waals surface area contributed by atoms with Crippen LogP contribution < -0.4 is 4.90 Å². The predicted octanol–water partition coefficient (Wildman–Crippen LogP) is 5.05. The van der Waals surface area contributed by atoms with Gasteiger partial charge in [-0.2, -0.15) is 0 Å². The highest BCUT2D eigenvalue weighted by Gasteiger charge is 2.35. The average molecular weight is 399 g/mol. The molecule has 1 aromatic heterocycles. The Labute approximate surface area is 174 Å². The van der Waals surface area contributed by atoms with Gasteiger partial charge >= 0.3 is 0 Å². The summed E-state index contributed by atoms with van der Waals surface area (Å²) in [7, 11) is 0. The van der Waals surface area contributed by atoms with Gasteiger partial charge in [0, 0.05) is 25.4 Å². The number of fused-ring (bicyclic) bond motifs is 1. The number of halogens is 1. The fourth-order valence-electron chi connectivity index (χ4n) is 4.31. The standard InChI is InChI=1S/C25H22FN3O/c1-17-8-2-3-9-18(17)15-29-23-13-7-5-11-21(23)27-25(29)19-14-24(30)28(16-19)22-12-6-4-10-20(22)26/h2-13,19H,14-16H2,1H3/t19-/m1/s1. The molecule has 0 spiro atoms. The number of hydrogen-bond acceptors (Lipinski definition) is 2. The van der Waals surface area contributed by atoms with Crippen molar-refractivity contribution < 1.29 is 9.18 Å². The summed E-state index contributed by atoms with van der Waals surface area (Å²) >= 11 is 0. The molecule has 1 atom stereocenters. The van der Waals surface area contributed by atoms with Crippen LogP contribution in [0, 0.1) is 12.7 Å². The van der Waals surface area contributed by atoms with Gasteiger partial charge in [-0.15, -0.1) is 0 Å². The monoisotopic (exact) mass is 399 g/mol. The maximum Gasteiger partial charge on any atom is 0.227 e. The number of para-hydroxylation sites is 3. The van der Waals surface area contributed by atoms with Crippen LogP contribution >= 0.6 is 0 Å². The summed E-state index contributed by atoms with van der Waals surface area (Å²) < 4.78 is 16.5. The summed E-state index contributed by atoms with van der Waals surface area (Å²) in [4.78, 5) is 19.2. The summed E-state index contributed by atoms with van der Waals surface area (Å²) in [5.74, 6) is 0.347. The Kier molecular flexibility index (Phi) is 4.58. The fraction of sp³-hybridized carbons (Fsp3) is 0.200. The molecule has 5 rings (SSSR count). The zero-order valence-electron chi connectivity index (χ0n) is 16.8. The van der Waals surface area contributed by atoms with E-state index in [-0.39, 0.29) is 17.6 Å². The number of imidazole rings is 1. The fourth-order valence-corrected chi connectivity index (χ4v) is 4.31. The van der Waals surface area contributed by atoms with Gasteiger partial charge < -0.3 is 9.47 Å². The number of aryl methyl sites for hydroxylation is 1. The molecule has 2 heterocycles. The van der Waals surface area contributed by atoms with E-state index in [1.165, 1.54) is 17.2 Å². The van der Waals surface area contributed by atoms with E-state index in [1.807, 2.05) is 30.3 Å². The van der Waals surface area contributed by atoms with E-state index in [0.29, 0.717) is 25.2 Å². The third kappa shape index (κ3) is 3.16. The average Bonchev–Trinajstić information content (AvgIpc) is 3.31. The van der Waals surface area contributed by atoms with Gasteiger partial charge in [-0.25, -0.2) is 9.37 Å². The van der Waals surface area contributed by atoms with Crippen LogP contribution in [-0.4, -0.2) is 22.0 Å². The molecular weight excluding hydrogens is 377 g/mol. The Balaban J connectivity index is 1.55. The van der Waals surface area contributed by atoms with Crippen LogP contribution in [0.3, 0.4) is 0 Å². The van der Waals surface area contributed by atoms with Crippen LogP contribution in [0.25, 0.3) is 11.0 Å². The Bertz CT molecular complexity index is 1250. The van der Waals surface area contributed by atoms with Crippen LogP contribution in [0.1, 0.15) is 29.3 Å². The van der Waals surface area contributed by atoms with Crippen LogP contribution in [0.15, 0.2) is 72.8 Å². The Morgan fingerprint density at radius 3 is 2.57 bits per heavy atom. The molecule has 0 radical (unpaired) electrons. The maximum absolute atomic E-state index is 14.3. The molecule has 0 unspecified atom stereocenters. The van der Waals surface area contributed by atoms with Gasteiger partial charge in [0.2, 0.25) is 5.91 Å². The van der Waals surface area contributed by atoms with E-state index in [2.05, 4.69) is 29.7 Å². The lowest BCUT2D eigenvalue weighted by Gasteiger charge is -2.18. The van der Waals surface area contributed by atoms with Crippen molar-refractivity contribution in [2.45, 2.75) is 25.8 Å². The van der Waals surface area contributed by atoms with E-state index in [1.54, 1.807) is 23.1 Å². The molecule has 0 bridgehead atoms. The van der Waals surface area contributed by atoms with Gasteiger partial charge in [0.15, 0.2) is 0 Å². The number of benzene rings is 3. The Morgan fingerprint density at radius 1 is 1.00 bits per heavy atom. The third-order valence-electron chi connectivity index (χ3n) is 5.91. The van der Waals surface area contributed by atoms with E-state index in [0.717, 1.165) is 16.9 Å². The largest absolute Gasteiger partial charge is 0.323 e. The Morgan fingerprint density at radius 2 is 1.73 bits per heavy atom. The molecule has 150 valence electrons. The molecule has 1 fully saturated rings. The zero-order valence-corrected chi connectivity index (χ0v) is 16.8. The number of aromatic nitrogens is 2. The molecule has 1 amide bonds. The molecule has 1 aliphatic heterocycles. The summed E-state index contributed by atoms with van der Waals surface area (Å²) in [6.45, 7) is 3.22. The molecule has 4 aromatic rings. The second-order valence-electron chi connectivity index (χ2n) is 7.83. The Hall–Kier alpha value is -3.47. The van der Waals surface area contributed by atoms with Gasteiger partial charge in [0.05, 0.1) is 16.7 Å². The van der Waals surface area contributed by atoms with Crippen molar-refractivity contribution in [3.63, 3.8) is 0 Å². The van der Waals surface area contributed by atoms with E-state index < -0.39 is 0 Å². The van der Waals surface area contributed by atoms with Crippen LogP contribution in [0.2, 0.25) is 0 Å². The van der Waals surface area contributed by atoms with Crippen molar-refractivity contribution in [1.82, 2.24) is 9.55 Å². The van der Waals surface area contributed by atoms with Crippen LogP contribution in [0.4, 0.5) is 10.1 Å². The first-order chi connectivity index (χ1) is 14.6. The number of rotatable bonds is 4. The highest BCUT2D eigenvalue weighted by Crippen LogP contribution is 2.34. The number of carbonyl (C=O) groups excluding carboxylic acids is 1. The number of anilines is 1. The minimum absolute atomic E-state index is 0.0698. The van der Waals surface area contributed by atoms with Gasteiger partial charge in [-0.1, -0.05) is 48.5 Å². The molecular formula is C25H22FN3O. The predicted molar refractivity (Wildman–Crippen MR) is 116 cm³/mol. The highest BCUT2D eigenvalue weighted by molar-refractivity contribution is 5.96. The zero-order chi connectivity index (χ0) is 20.7. The molecule has 5 heteroatoms. The van der Waals surface area contributed by atoms with E-state index in [4.69, 9.17) is 4.98 Å². The van der Waals surface area contributed by atoms with Gasteiger partial charge in [-0.3, -0.25) is 4.79 Å². The van der Waals surface area contributed by atoms with Crippen molar-refractivity contribution in [2.75, 3.05) is 11.4 Å². The number of amides is 1. The first-order valence-corrected chi connectivity index (χ1v) is 10.2. The summed E-state index contributed by atoms with van der Waals surface area (Å²) in [6, 6.07) is 22.8. The molecule has 0 N–H and O–H groups in total. The van der Waals surface area contributed by atoms with Crippen LogP contribution in [-0.2, 0) is 11.3 Å². The smallest absolute Gasteiger partial charge is 0.227 e. The molecule has 30 heavy (non-hydrogen) atoms. The highest BCUT2D eigenvalue weighted by atomic mass is 19.1. The SMILES string of the molecule is Cc1ccccc1Cn1c([C@@H]2CC(=O)N(c3ccccc3F)C2)nc2ccccc21. The number of nitrogens with zero attached hydrogens (tertiary/aromatic N) is 3. The third-order valence-corrected chi connectivity index (χ3v) is 5.91. The molecule has 0 aliphatic carbocycles. The lowest BCUT2D eigenvalue weighted by Crippen LogP contribution is -2.25. The van der Waals surface area contributed by atoms with Crippen molar-refractivity contribution >= 4 is 22.6 Å². The quantitative estimate of drug-likeness (QED) is 0.481. The topological polar surface area (TPSA) is 38.1 Å². The maximum atomic E-state index is 14.3. The minimum Gasteiger partial charge on any atom is -0.323 e. The lowest BCUT2D eigenvalue weighted by atomic mass is 10.1. The van der Waals surface area contributed by atoms with Crippen LogP contribution in [0.5, 0.6) is 0 Å². The van der Waals surface area contributed by atoms with Crippen molar-refractivity contribution in [3.05, 3.63) is 95.6 Å². The summed E-state index contributed by atoms with van der Waals surface area (Å²) in [5.41, 5.74) is 4.74. The lowest BCUT2D eigenvalue weighted by molar-refractivity contribution is -0.117. The normalized spacial score (nSPS) is 16.5. The first-order valence-electron chi connectivity index (χ1n) is 10.2. The molecule has 1 aliphatic rings. The van der Waals surface area contributed by atoms with Gasteiger partial charge in [-0.05, 0) is 42.3 Å². The molecule has 3 aromatic carbocycles. The van der Waals surface area contributed by atoms with Gasteiger partial charge in [0.25, 0.3) is 0 Å². The summed E-state index contributed by atoms with van der Waals surface area (Å²) in [6.07, 6.45) is 0.325. The van der Waals surface area contributed by atoms with Crippen molar-refractivity contribution in [1.29, 1.82) is 0 Å². The number of carbonyl (C=O) groups is 1. The summed E-state index contributed by atoms with van der Waals surface area (Å²) in [5, 5.41) is 0. The molecule has 0 saturated carbocycles. The van der Waals surface area contributed by atoms with Crippen molar-refractivity contribution in [3.8, 4) is 0 Å². The van der Waals surface area contributed by atoms with Gasteiger partial charge in [0.1, 0.15) is 11.6 Å². The number of hydrogen-bond donors (Lipinski definition) is 0. The molecule has 4 nitrogen and oxygen atoms in total. The van der Waals surface area contributed by atoms with E-state index in [9.17, 15) is 9.18 Å². The minimum atomic E-state index is -0.375. The van der Waals surface area contributed by atoms with E-state index >= 15 is 0 Å². The second-order valence-corrected chi connectivity index (χ2v) is 7.83. The van der Waals surface area contributed by atoms with Crippen molar-refractivity contribution in [2.24, 2.45) is 0 Å². The first kappa shape index (κ1) is 18.6. The second kappa shape index (κ2) is 7.41.